The minimum atomic E-state index is -1.08. The number of anilines is 1. The summed E-state index contributed by atoms with van der Waals surface area (Å²) in [6, 6.07) is 14.8. The molecule has 0 atom stereocenters. The topological polar surface area (TPSA) is 125 Å². The van der Waals surface area contributed by atoms with E-state index in [1.165, 1.54) is 12.1 Å². The number of unbranched alkanes of at least 4 members (excludes halogenated alkanes) is 1. The summed E-state index contributed by atoms with van der Waals surface area (Å²) in [5.74, 6) is -2.92. The number of piperidine rings is 1. The average molecular weight is 581 g/mol. The number of amides is 3. The number of nitrogens with two attached hydrogens (primary N) is 1. The summed E-state index contributed by atoms with van der Waals surface area (Å²) in [7, 11) is 0. The third-order valence-corrected chi connectivity index (χ3v) is 7.24. The van der Waals surface area contributed by atoms with Crippen LogP contribution in [0.1, 0.15) is 58.9 Å². The highest BCUT2D eigenvalue weighted by Crippen LogP contribution is 2.25. The maximum Gasteiger partial charge on any atom is 0.335 e. The molecular weight excluding hydrogens is 546 g/mol. The van der Waals surface area contributed by atoms with Crippen molar-refractivity contribution in [1.29, 1.82) is 0 Å². The number of nitrogens with zero attached hydrogens (tertiary/aromatic N) is 2. The van der Waals surface area contributed by atoms with Crippen molar-refractivity contribution in [3.63, 3.8) is 0 Å². The number of halogens is 2. The lowest BCUT2D eigenvalue weighted by molar-refractivity contribution is 0.0696. The molecule has 3 aromatic rings. The molecule has 0 aromatic heterocycles. The number of benzene rings is 3. The molecule has 9 nitrogen and oxygen atoms in total. The number of carboxylic acid groups (broad SMARTS) is 1. The van der Waals surface area contributed by atoms with Crippen molar-refractivity contribution >= 4 is 23.6 Å². The highest BCUT2D eigenvalue weighted by molar-refractivity contribution is 5.96. The van der Waals surface area contributed by atoms with Gasteiger partial charge in [0.1, 0.15) is 23.1 Å². The number of primary amides is 1. The number of hydrogen-bond acceptors (Lipinski definition) is 5. The number of aromatic carboxylic acids is 1. The molecule has 1 aliphatic rings. The fraction of sp³-hybridized carbons (Fsp3) is 0.323. The van der Waals surface area contributed by atoms with Gasteiger partial charge in [0.25, 0.3) is 5.91 Å². The highest BCUT2D eigenvalue weighted by atomic mass is 19.1. The Balaban J connectivity index is 1.33. The molecule has 1 heterocycles. The number of ether oxygens (including phenoxy) is 1. The van der Waals surface area contributed by atoms with Crippen molar-refractivity contribution in [3.05, 3.63) is 89.0 Å². The van der Waals surface area contributed by atoms with Gasteiger partial charge < -0.3 is 25.8 Å². The van der Waals surface area contributed by atoms with Crippen LogP contribution in [0.2, 0.25) is 0 Å². The van der Waals surface area contributed by atoms with Crippen LogP contribution in [0, 0.1) is 11.6 Å². The molecule has 4 rings (SSSR count). The first-order chi connectivity index (χ1) is 20.1. The summed E-state index contributed by atoms with van der Waals surface area (Å²) in [6.45, 7) is 4.73. The molecule has 0 bridgehead atoms. The standard InChI is InChI=1S/C31H34F2N4O5/c1-2-3-14-37(31(41)35-28-17-25(29(34)38)26(32)18-27(28)33)22-12-15-36(16-13-22)19-20-4-8-23(9-5-20)42-24-10-6-21(7-11-24)30(39)40/h4-11,17-18,22H,2-3,12-16,19H2,1H3,(H2,34,38)(H,35,41)(H,39,40). The molecule has 222 valence electrons. The van der Waals surface area contributed by atoms with Crippen molar-refractivity contribution in [2.24, 2.45) is 5.73 Å². The third-order valence-electron chi connectivity index (χ3n) is 7.24. The molecule has 0 unspecified atom stereocenters. The lowest BCUT2D eigenvalue weighted by Crippen LogP contribution is -2.49. The molecule has 42 heavy (non-hydrogen) atoms. The SMILES string of the molecule is CCCCN(C(=O)Nc1cc(C(N)=O)c(F)cc1F)C1CCN(Cc2ccc(Oc3ccc(C(=O)O)cc3)cc2)CC1. The zero-order valence-corrected chi connectivity index (χ0v) is 23.3. The average Bonchev–Trinajstić information content (AvgIpc) is 2.96. The first-order valence-corrected chi connectivity index (χ1v) is 13.8. The fourth-order valence-corrected chi connectivity index (χ4v) is 4.91. The predicted octanol–water partition coefficient (Wildman–Crippen LogP) is 5.85. The zero-order valence-electron chi connectivity index (χ0n) is 23.3. The van der Waals surface area contributed by atoms with Crippen molar-refractivity contribution in [2.45, 2.75) is 45.2 Å². The smallest absolute Gasteiger partial charge is 0.335 e. The highest BCUT2D eigenvalue weighted by Gasteiger charge is 2.28. The molecule has 3 aromatic carbocycles. The molecule has 0 radical (unpaired) electrons. The summed E-state index contributed by atoms with van der Waals surface area (Å²) in [6.07, 6.45) is 3.09. The number of rotatable bonds is 11. The van der Waals surface area contributed by atoms with Gasteiger partial charge in [0.2, 0.25) is 0 Å². The Kier molecular flexibility index (Phi) is 10.1. The molecule has 11 heteroatoms. The number of urea groups is 1. The van der Waals surface area contributed by atoms with Gasteiger partial charge in [0.15, 0.2) is 0 Å². The molecule has 3 amide bonds. The van der Waals surface area contributed by atoms with Gasteiger partial charge >= 0.3 is 12.0 Å². The summed E-state index contributed by atoms with van der Waals surface area (Å²) in [5.41, 5.74) is 5.68. The quantitative estimate of drug-likeness (QED) is 0.261. The largest absolute Gasteiger partial charge is 0.478 e. The van der Waals surface area contributed by atoms with Gasteiger partial charge in [-0.05, 0) is 67.3 Å². The van der Waals surface area contributed by atoms with Crippen LogP contribution in [0.3, 0.4) is 0 Å². The summed E-state index contributed by atoms with van der Waals surface area (Å²) >= 11 is 0. The first-order valence-electron chi connectivity index (χ1n) is 13.8. The second-order valence-corrected chi connectivity index (χ2v) is 10.2. The minimum Gasteiger partial charge on any atom is -0.478 e. The van der Waals surface area contributed by atoms with Gasteiger partial charge in [-0.2, -0.15) is 0 Å². The fourth-order valence-electron chi connectivity index (χ4n) is 4.91. The molecule has 1 fully saturated rings. The van der Waals surface area contributed by atoms with Crippen LogP contribution in [0.15, 0.2) is 60.7 Å². The minimum absolute atomic E-state index is 0.0600. The Morgan fingerprint density at radius 1 is 1.00 bits per heavy atom. The summed E-state index contributed by atoms with van der Waals surface area (Å²) in [5, 5.41) is 11.5. The van der Waals surface area contributed by atoms with Gasteiger partial charge in [-0.25, -0.2) is 18.4 Å². The summed E-state index contributed by atoms with van der Waals surface area (Å²) in [4.78, 5) is 39.7. The molecule has 0 spiro atoms. The van der Waals surface area contributed by atoms with E-state index in [9.17, 15) is 23.2 Å². The number of hydrogen-bond donors (Lipinski definition) is 3. The Labute approximate surface area is 242 Å². The van der Waals surface area contributed by atoms with Gasteiger partial charge in [-0.3, -0.25) is 9.69 Å². The molecule has 4 N–H and O–H groups in total. The monoisotopic (exact) mass is 580 g/mol. The van der Waals surface area contributed by atoms with E-state index in [0.717, 1.165) is 56.9 Å². The van der Waals surface area contributed by atoms with Crippen LogP contribution >= 0.6 is 0 Å². The Morgan fingerprint density at radius 3 is 2.19 bits per heavy atom. The number of nitrogens with one attached hydrogen (secondary N) is 1. The van der Waals surface area contributed by atoms with Crippen LogP contribution in [-0.4, -0.2) is 58.5 Å². The normalized spacial score (nSPS) is 13.9. The van der Waals surface area contributed by atoms with Crippen LogP contribution < -0.4 is 15.8 Å². The molecule has 0 saturated carbocycles. The number of carbonyl (C=O) groups excluding carboxylic acids is 2. The van der Waals surface area contributed by atoms with E-state index in [4.69, 9.17) is 15.6 Å². The van der Waals surface area contributed by atoms with Crippen LogP contribution in [0.25, 0.3) is 0 Å². The lowest BCUT2D eigenvalue weighted by atomic mass is 10.0. The van der Waals surface area contributed by atoms with E-state index in [-0.39, 0.29) is 17.3 Å². The zero-order chi connectivity index (χ0) is 30.2. The van der Waals surface area contributed by atoms with Crippen LogP contribution in [-0.2, 0) is 6.54 Å². The predicted molar refractivity (Wildman–Crippen MR) is 154 cm³/mol. The number of likely N-dealkylation sites (tertiary alicyclic amines) is 1. The van der Waals surface area contributed by atoms with Crippen molar-refractivity contribution in [2.75, 3.05) is 25.0 Å². The Bertz CT molecular complexity index is 1410. The van der Waals surface area contributed by atoms with Crippen molar-refractivity contribution in [1.82, 2.24) is 9.80 Å². The molecular formula is C31H34F2N4O5. The van der Waals surface area contributed by atoms with Gasteiger partial charge in [-0.15, -0.1) is 0 Å². The first kappa shape index (κ1) is 30.4. The van der Waals surface area contributed by atoms with Crippen LogP contribution in [0.4, 0.5) is 19.3 Å². The second-order valence-electron chi connectivity index (χ2n) is 10.2. The maximum absolute atomic E-state index is 14.4. The van der Waals surface area contributed by atoms with Gasteiger partial charge in [0, 0.05) is 38.3 Å². The molecule has 0 aliphatic carbocycles. The third kappa shape index (κ3) is 7.82. The van der Waals surface area contributed by atoms with E-state index >= 15 is 0 Å². The molecule has 1 aliphatic heterocycles. The van der Waals surface area contributed by atoms with Gasteiger partial charge in [-0.1, -0.05) is 25.5 Å². The molecule has 1 saturated heterocycles. The number of carbonyl (C=O) groups is 3. The van der Waals surface area contributed by atoms with E-state index in [1.807, 2.05) is 31.2 Å². The van der Waals surface area contributed by atoms with E-state index < -0.39 is 35.1 Å². The second kappa shape index (κ2) is 13.9. The maximum atomic E-state index is 14.4. The van der Waals surface area contributed by atoms with E-state index in [1.54, 1.807) is 17.0 Å². The van der Waals surface area contributed by atoms with Gasteiger partial charge in [0.05, 0.1) is 16.8 Å². The number of carboxylic acids is 1. The lowest BCUT2D eigenvalue weighted by Gasteiger charge is -2.38. The summed E-state index contributed by atoms with van der Waals surface area (Å²) < 4.78 is 34.1. The van der Waals surface area contributed by atoms with E-state index in [2.05, 4.69) is 10.2 Å². The van der Waals surface area contributed by atoms with E-state index in [0.29, 0.717) is 24.1 Å². The Hall–Kier alpha value is -4.51. The van der Waals surface area contributed by atoms with Crippen molar-refractivity contribution in [3.8, 4) is 11.5 Å². The van der Waals surface area contributed by atoms with Crippen LogP contribution in [0.5, 0.6) is 11.5 Å². The Morgan fingerprint density at radius 2 is 1.62 bits per heavy atom. The van der Waals surface area contributed by atoms with Crippen molar-refractivity contribution < 1.29 is 33.0 Å².